The molecule has 24 heavy (non-hydrogen) atoms. The summed E-state index contributed by atoms with van der Waals surface area (Å²) in [6.07, 6.45) is -0.548. The van der Waals surface area contributed by atoms with Gasteiger partial charge in [-0.25, -0.2) is 4.79 Å². The molecule has 0 saturated carbocycles. The van der Waals surface area contributed by atoms with Gasteiger partial charge in [-0.3, -0.25) is 5.32 Å². The van der Waals surface area contributed by atoms with Gasteiger partial charge in [0, 0.05) is 0 Å². The van der Waals surface area contributed by atoms with Gasteiger partial charge in [0.15, 0.2) is 0 Å². The third kappa shape index (κ3) is 4.24. The quantitative estimate of drug-likeness (QED) is 0.817. The van der Waals surface area contributed by atoms with Crippen molar-refractivity contribution in [1.29, 1.82) is 0 Å². The van der Waals surface area contributed by atoms with Crippen LogP contribution in [0.2, 0.25) is 5.02 Å². The average molecular weight is 354 g/mol. The summed E-state index contributed by atoms with van der Waals surface area (Å²) in [7, 11) is -0.497. The maximum Gasteiger partial charge on any atom is 0.494 e. The summed E-state index contributed by atoms with van der Waals surface area (Å²) < 4.78 is 17.2. The summed E-state index contributed by atoms with van der Waals surface area (Å²) in [5.74, 6) is 0. The molecule has 0 aliphatic carbocycles. The highest BCUT2D eigenvalue weighted by atomic mass is 35.5. The van der Waals surface area contributed by atoms with Crippen LogP contribution in [0.4, 0.5) is 10.5 Å². The second-order valence-corrected chi connectivity index (χ2v) is 8.36. The fourth-order valence-corrected chi connectivity index (χ4v) is 2.41. The van der Waals surface area contributed by atoms with Gasteiger partial charge in [0.05, 0.1) is 21.9 Å². The Morgan fingerprint density at radius 2 is 1.71 bits per heavy atom. The fourth-order valence-electron chi connectivity index (χ4n) is 2.17. The van der Waals surface area contributed by atoms with Crippen molar-refractivity contribution in [3.8, 4) is 0 Å². The highest BCUT2D eigenvalue weighted by Crippen LogP contribution is 2.36. The van der Waals surface area contributed by atoms with Crippen LogP contribution < -0.4 is 10.8 Å². The van der Waals surface area contributed by atoms with Gasteiger partial charge in [-0.05, 0) is 66.1 Å². The second kappa shape index (κ2) is 6.25. The summed E-state index contributed by atoms with van der Waals surface area (Å²) in [6, 6.07) is 5.27. The predicted octanol–water partition coefficient (Wildman–Crippen LogP) is 3.99. The van der Waals surface area contributed by atoms with E-state index in [1.807, 2.05) is 33.8 Å². The Kier molecular flexibility index (Phi) is 4.97. The van der Waals surface area contributed by atoms with Crippen LogP contribution in [0.25, 0.3) is 0 Å². The van der Waals surface area contributed by atoms with Gasteiger partial charge < -0.3 is 14.0 Å². The molecule has 0 radical (unpaired) electrons. The molecule has 1 amide bonds. The Labute approximate surface area is 149 Å². The van der Waals surface area contributed by atoms with Crippen molar-refractivity contribution in [3.05, 3.63) is 23.2 Å². The van der Waals surface area contributed by atoms with Crippen LogP contribution in [0.5, 0.6) is 0 Å². The van der Waals surface area contributed by atoms with Gasteiger partial charge in [0.25, 0.3) is 0 Å². The molecule has 132 valence electrons. The summed E-state index contributed by atoms with van der Waals surface area (Å²) in [6.45, 7) is 13.4. The minimum absolute atomic E-state index is 0.396. The lowest BCUT2D eigenvalue weighted by atomic mass is 9.79. The number of anilines is 1. The zero-order valence-electron chi connectivity index (χ0n) is 15.3. The zero-order valence-corrected chi connectivity index (χ0v) is 16.1. The van der Waals surface area contributed by atoms with Crippen LogP contribution in [0.3, 0.4) is 0 Å². The normalized spacial score (nSPS) is 19.2. The van der Waals surface area contributed by atoms with Crippen LogP contribution >= 0.6 is 11.6 Å². The van der Waals surface area contributed by atoms with Crippen LogP contribution in [0.1, 0.15) is 48.5 Å². The van der Waals surface area contributed by atoms with E-state index < -0.39 is 30.0 Å². The van der Waals surface area contributed by atoms with E-state index in [2.05, 4.69) is 5.32 Å². The van der Waals surface area contributed by atoms with E-state index in [1.165, 1.54) is 0 Å². The Bertz CT molecular complexity index is 624. The van der Waals surface area contributed by atoms with E-state index in [9.17, 15) is 4.79 Å². The number of amides is 1. The Morgan fingerprint density at radius 3 is 2.17 bits per heavy atom. The number of rotatable bonds is 2. The largest absolute Gasteiger partial charge is 0.494 e. The van der Waals surface area contributed by atoms with Gasteiger partial charge >= 0.3 is 13.2 Å². The number of carbonyl (C=O) groups excluding carboxylic acids is 1. The van der Waals surface area contributed by atoms with E-state index in [1.54, 1.807) is 32.9 Å². The molecule has 2 rings (SSSR count). The molecule has 1 aromatic rings. The van der Waals surface area contributed by atoms with Gasteiger partial charge in [-0.15, -0.1) is 0 Å². The highest BCUT2D eigenvalue weighted by Gasteiger charge is 2.51. The number of nitrogens with one attached hydrogen (secondary N) is 1. The molecule has 0 spiro atoms. The predicted molar refractivity (Wildman–Crippen MR) is 97.0 cm³/mol. The summed E-state index contributed by atoms with van der Waals surface area (Å²) >= 11 is 6.28. The van der Waals surface area contributed by atoms with Crippen LogP contribution in [-0.2, 0) is 14.0 Å². The Morgan fingerprint density at radius 1 is 1.17 bits per heavy atom. The van der Waals surface area contributed by atoms with Crippen molar-refractivity contribution in [2.24, 2.45) is 0 Å². The molecule has 7 heteroatoms. The second-order valence-electron chi connectivity index (χ2n) is 7.95. The first kappa shape index (κ1) is 19.1. The number of benzene rings is 1. The number of carbonyl (C=O) groups is 1. The zero-order chi connectivity index (χ0) is 18.3. The molecule has 1 aliphatic heterocycles. The smallest absolute Gasteiger partial charge is 0.444 e. The third-order valence-corrected chi connectivity index (χ3v) is 4.47. The van der Waals surface area contributed by atoms with Crippen molar-refractivity contribution in [3.63, 3.8) is 0 Å². The van der Waals surface area contributed by atoms with Crippen molar-refractivity contribution >= 4 is 36.0 Å². The topological polar surface area (TPSA) is 56.8 Å². The lowest BCUT2D eigenvalue weighted by Crippen LogP contribution is -2.41. The summed E-state index contributed by atoms with van der Waals surface area (Å²) in [5.41, 5.74) is -0.131. The molecule has 1 heterocycles. The third-order valence-electron chi connectivity index (χ3n) is 4.15. The highest BCUT2D eigenvalue weighted by molar-refractivity contribution is 6.62. The van der Waals surface area contributed by atoms with Gasteiger partial charge in [-0.2, -0.15) is 0 Å². The molecule has 0 bridgehead atoms. The van der Waals surface area contributed by atoms with Gasteiger partial charge in [-0.1, -0.05) is 17.7 Å². The van der Waals surface area contributed by atoms with Crippen LogP contribution in [0.15, 0.2) is 18.2 Å². The van der Waals surface area contributed by atoms with E-state index in [-0.39, 0.29) is 0 Å². The lowest BCUT2D eigenvalue weighted by molar-refractivity contribution is 0.00578. The van der Waals surface area contributed by atoms with Crippen LogP contribution in [0, 0.1) is 0 Å². The minimum Gasteiger partial charge on any atom is -0.444 e. The number of ether oxygens (including phenoxy) is 1. The molecule has 1 fully saturated rings. The molecule has 1 aromatic carbocycles. The Balaban J connectivity index is 2.12. The van der Waals surface area contributed by atoms with E-state index in [0.29, 0.717) is 10.7 Å². The molecular formula is C17H25BClNO4. The average Bonchev–Trinajstić information content (AvgIpc) is 2.58. The molecule has 5 nitrogen and oxygen atoms in total. The number of hydrogen-bond acceptors (Lipinski definition) is 4. The standard InChI is InChI=1S/C17H25BClNO4/c1-15(2,3)22-14(21)20-13-9-8-11(10-12(13)19)18-23-16(4,5)17(6,7)24-18/h8-10H,1-7H3,(H,20,21). The number of halogens is 1. The first-order chi connectivity index (χ1) is 10.8. The van der Waals surface area contributed by atoms with E-state index in [4.69, 9.17) is 25.6 Å². The molecule has 1 N–H and O–H groups in total. The molecule has 0 atom stereocenters. The van der Waals surface area contributed by atoms with Gasteiger partial charge in [0.1, 0.15) is 5.60 Å². The summed E-state index contributed by atoms with van der Waals surface area (Å²) in [4.78, 5) is 11.9. The number of hydrogen-bond donors (Lipinski definition) is 1. The van der Waals surface area contributed by atoms with Crippen molar-refractivity contribution in [2.75, 3.05) is 5.32 Å². The van der Waals surface area contributed by atoms with E-state index >= 15 is 0 Å². The first-order valence-electron chi connectivity index (χ1n) is 7.96. The molecule has 1 saturated heterocycles. The van der Waals surface area contributed by atoms with Gasteiger partial charge in [0.2, 0.25) is 0 Å². The van der Waals surface area contributed by atoms with Crippen molar-refractivity contribution in [2.45, 2.75) is 65.3 Å². The molecule has 0 unspecified atom stereocenters. The molecular weight excluding hydrogens is 328 g/mol. The summed E-state index contributed by atoms with van der Waals surface area (Å²) in [5, 5.41) is 3.04. The maximum absolute atomic E-state index is 11.9. The molecule has 0 aromatic heterocycles. The SMILES string of the molecule is CC(C)(C)OC(=O)Nc1ccc(B2OC(C)(C)C(C)(C)O2)cc1Cl. The van der Waals surface area contributed by atoms with Crippen molar-refractivity contribution in [1.82, 2.24) is 0 Å². The van der Waals surface area contributed by atoms with Crippen LogP contribution in [-0.4, -0.2) is 30.0 Å². The lowest BCUT2D eigenvalue weighted by Gasteiger charge is -2.32. The van der Waals surface area contributed by atoms with Crippen molar-refractivity contribution < 1.29 is 18.8 Å². The maximum atomic E-state index is 11.9. The van der Waals surface area contributed by atoms with E-state index in [0.717, 1.165) is 5.46 Å². The minimum atomic E-state index is -0.570. The Hall–Kier alpha value is -1.24. The monoisotopic (exact) mass is 353 g/mol. The molecule has 1 aliphatic rings. The first-order valence-corrected chi connectivity index (χ1v) is 8.34. The fraction of sp³-hybridized carbons (Fsp3) is 0.588.